The standard InChI is InChI=1S/C15H12N2O4/c18-15-14(17(19)20)13(16-10-6-2-1-3-7-10)11-8-4-5-9-12(11)21-15/h1-9,11-12,16H. The summed E-state index contributed by atoms with van der Waals surface area (Å²) in [4.78, 5) is 22.4. The maximum atomic E-state index is 11.9. The molecule has 0 bridgehead atoms. The van der Waals surface area contributed by atoms with E-state index in [0.29, 0.717) is 5.69 Å². The molecule has 1 aliphatic carbocycles. The van der Waals surface area contributed by atoms with Gasteiger partial charge in [-0.1, -0.05) is 36.4 Å². The third kappa shape index (κ3) is 2.43. The number of nitro groups is 1. The third-order valence-corrected chi connectivity index (χ3v) is 3.34. The predicted octanol–water partition coefficient (Wildman–Crippen LogP) is 2.25. The van der Waals surface area contributed by atoms with Crippen molar-refractivity contribution in [2.24, 2.45) is 5.92 Å². The fraction of sp³-hybridized carbons (Fsp3) is 0.133. The summed E-state index contributed by atoms with van der Waals surface area (Å²) in [6.45, 7) is 0. The van der Waals surface area contributed by atoms with Crippen molar-refractivity contribution >= 4 is 11.7 Å². The van der Waals surface area contributed by atoms with Gasteiger partial charge >= 0.3 is 11.7 Å². The Morgan fingerprint density at radius 1 is 1.14 bits per heavy atom. The predicted molar refractivity (Wildman–Crippen MR) is 75.7 cm³/mol. The number of ether oxygens (including phenoxy) is 1. The zero-order chi connectivity index (χ0) is 14.8. The minimum atomic E-state index is -0.917. The summed E-state index contributed by atoms with van der Waals surface area (Å²) in [5, 5.41) is 14.2. The molecule has 0 aromatic heterocycles. The van der Waals surface area contributed by atoms with E-state index in [4.69, 9.17) is 4.74 Å². The van der Waals surface area contributed by atoms with E-state index in [9.17, 15) is 14.9 Å². The van der Waals surface area contributed by atoms with E-state index < -0.39 is 22.7 Å². The Kier molecular flexibility index (Phi) is 3.27. The molecule has 1 aromatic rings. The van der Waals surface area contributed by atoms with E-state index in [1.165, 1.54) is 0 Å². The lowest BCUT2D eigenvalue weighted by molar-refractivity contribution is -0.424. The monoisotopic (exact) mass is 284 g/mol. The first-order valence-corrected chi connectivity index (χ1v) is 6.43. The molecular formula is C15H12N2O4. The lowest BCUT2D eigenvalue weighted by atomic mass is 9.90. The van der Waals surface area contributed by atoms with Gasteiger partial charge in [-0.2, -0.15) is 0 Å². The lowest BCUT2D eigenvalue weighted by Gasteiger charge is -2.30. The number of carbonyl (C=O) groups is 1. The molecule has 2 aliphatic rings. The van der Waals surface area contributed by atoms with Crippen molar-refractivity contribution < 1.29 is 14.5 Å². The van der Waals surface area contributed by atoms with Crippen LogP contribution in [0.2, 0.25) is 0 Å². The van der Waals surface area contributed by atoms with Gasteiger partial charge in [0.05, 0.1) is 10.8 Å². The minimum absolute atomic E-state index is 0.257. The molecule has 0 fully saturated rings. The van der Waals surface area contributed by atoms with Gasteiger partial charge in [0.25, 0.3) is 0 Å². The first-order chi connectivity index (χ1) is 10.2. The number of nitrogens with zero attached hydrogens (tertiary/aromatic N) is 1. The van der Waals surface area contributed by atoms with Crippen molar-refractivity contribution in [2.75, 3.05) is 5.32 Å². The molecule has 0 radical (unpaired) electrons. The number of hydrogen-bond donors (Lipinski definition) is 1. The fourth-order valence-corrected chi connectivity index (χ4v) is 2.40. The quantitative estimate of drug-likeness (QED) is 0.523. The van der Waals surface area contributed by atoms with Crippen molar-refractivity contribution in [3.63, 3.8) is 0 Å². The normalized spacial score (nSPS) is 23.5. The molecule has 0 spiro atoms. The molecule has 0 saturated heterocycles. The molecule has 1 heterocycles. The Bertz CT molecular complexity index is 676. The highest BCUT2D eigenvalue weighted by Gasteiger charge is 2.43. The van der Waals surface area contributed by atoms with Gasteiger partial charge in [-0.25, -0.2) is 4.79 Å². The number of hydrogen-bond acceptors (Lipinski definition) is 5. The number of carbonyl (C=O) groups excluding carboxylic acids is 1. The second kappa shape index (κ2) is 5.24. The Morgan fingerprint density at radius 2 is 1.86 bits per heavy atom. The van der Waals surface area contributed by atoms with Gasteiger partial charge in [0, 0.05) is 5.69 Å². The second-order valence-corrected chi connectivity index (χ2v) is 4.68. The Morgan fingerprint density at radius 3 is 2.57 bits per heavy atom. The van der Waals surface area contributed by atoms with Gasteiger partial charge in [0.2, 0.25) is 0 Å². The van der Waals surface area contributed by atoms with Crippen LogP contribution in [-0.2, 0) is 9.53 Å². The molecule has 3 rings (SSSR count). The van der Waals surface area contributed by atoms with E-state index in [1.54, 1.807) is 36.4 Å². The highest BCUT2D eigenvalue weighted by atomic mass is 16.6. The zero-order valence-corrected chi connectivity index (χ0v) is 10.9. The Balaban J connectivity index is 2.06. The summed E-state index contributed by atoms with van der Waals surface area (Å²) < 4.78 is 5.12. The number of rotatable bonds is 3. The highest BCUT2D eigenvalue weighted by molar-refractivity contribution is 5.89. The van der Waals surface area contributed by atoms with Crippen LogP contribution < -0.4 is 5.32 Å². The first kappa shape index (κ1) is 13.1. The molecule has 2 unspecified atom stereocenters. The number of nitrogens with one attached hydrogen (secondary N) is 1. The molecule has 0 amide bonds. The molecule has 106 valence electrons. The molecule has 1 aliphatic heterocycles. The first-order valence-electron chi connectivity index (χ1n) is 6.43. The van der Waals surface area contributed by atoms with Crippen molar-refractivity contribution in [3.05, 3.63) is 76.1 Å². The van der Waals surface area contributed by atoms with Crippen molar-refractivity contribution in [2.45, 2.75) is 6.10 Å². The van der Waals surface area contributed by atoms with Gasteiger partial charge in [0.15, 0.2) is 0 Å². The minimum Gasteiger partial charge on any atom is -0.449 e. The summed E-state index contributed by atoms with van der Waals surface area (Å²) >= 11 is 0. The van der Waals surface area contributed by atoms with Crippen LogP contribution in [0, 0.1) is 16.0 Å². The van der Waals surface area contributed by atoms with E-state index in [0.717, 1.165) is 0 Å². The maximum Gasteiger partial charge on any atom is 0.412 e. The van der Waals surface area contributed by atoms with Gasteiger partial charge in [-0.15, -0.1) is 0 Å². The van der Waals surface area contributed by atoms with Gasteiger partial charge in [0.1, 0.15) is 11.8 Å². The number of allylic oxidation sites excluding steroid dienone is 2. The van der Waals surface area contributed by atoms with E-state index in [1.807, 2.05) is 18.2 Å². The van der Waals surface area contributed by atoms with E-state index in [-0.39, 0.29) is 11.6 Å². The largest absolute Gasteiger partial charge is 0.449 e. The van der Waals surface area contributed by atoms with E-state index >= 15 is 0 Å². The number of esters is 1. The average molecular weight is 284 g/mol. The zero-order valence-electron chi connectivity index (χ0n) is 10.9. The number of para-hydroxylation sites is 1. The van der Waals surface area contributed by atoms with Gasteiger partial charge in [-0.05, 0) is 18.2 Å². The molecule has 6 nitrogen and oxygen atoms in total. The lowest BCUT2D eigenvalue weighted by Crippen LogP contribution is -2.38. The topological polar surface area (TPSA) is 81.5 Å². The molecular weight excluding hydrogens is 272 g/mol. The van der Waals surface area contributed by atoms with Crippen molar-refractivity contribution in [1.29, 1.82) is 0 Å². The van der Waals surface area contributed by atoms with Crippen LogP contribution in [-0.4, -0.2) is 17.0 Å². The van der Waals surface area contributed by atoms with Crippen LogP contribution in [0.15, 0.2) is 66.0 Å². The van der Waals surface area contributed by atoms with E-state index in [2.05, 4.69) is 5.32 Å². The molecule has 1 N–H and O–H groups in total. The molecule has 1 aromatic carbocycles. The van der Waals surface area contributed by atoms with Crippen LogP contribution >= 0.6 is 0 Å². The highest BCUT2D eigenvalue weighted by Crippen LogP contribution is 2.32. The Labute approximate surface area is 120 Å². The van der Waals surface area contributed by atoms with Crippen LogP contribution in [0.1, 0.15) is 0 Å². The van der Waals surface area contributed by atoms with Crippen LogP contribution in [0.25, 0.3) is 0 Å². The van der Waals surface area contributed by atoms with Crippen LogP contribution in [0.4, 0.5) is 5.69 Å². The maximum absolute atomic E-state index is 11.9. The number of fused-ring (bicyclic) bond motifs is 1. The van der Waals surface area contributed by atoms with Crippen LogP contribution in [0.3, 0.4) is 0 Å². The average Bonchev–Trinajstić information content (AvgIpc) is 2.47. The van der Waals surface area contributed by atoms with Crippen molar-refractivity contribution in [3.8, 4) is 0 Å². The second-order valence-electron chi connectivity index (χ2n) is 4.68. The summed E-state index contributed by atoms with van der Waals surface area (Å²) in [5.74, 6) is -1.30. The smallest absolute Gasteiger partial charge is 0.412 e. The Hall–Kier alpha value is -2.89. The molecule has 21 heavy (non-hydrogen) atoms. The number of anilines is 1. The molecule has 2 atom stereocenters. The SMILES string of the molecule is O=C1OC2C=CC=CC2C(Nc2ccccc2)=C1[N+](=O)[O-]. The third-order valence-electron chi connectivity index (χ3n) is 3.34. The summed E-state index contributed by atoms with van der Waals surface area (Å²) in [6.07, 6.45) is 6.52. The van der Waals surface area contributed by atoms with Gasteiger partial charge in [-0.3, -0.25) is 10.1 Å². The summed E-state index contributed by atoms with van der Waals surface area (Å²) in [7, 11) is 0. The summed E-state index contributed by atoms with van der Waals surface area (Å²) in [6, 6.07) is 9.02. The fourth-order valence-electron chi connectivity index (χ4n) is 2.40. The van der Waals surface area contributed by atoms with Gasteiger partial charge < -0.3 is 10.1 Å². The number of benzene rings is 1. The molecule has 0 saturated carbocycles. The van der Waals surface area contributed by atoms with Crippen LogP contribution in [0.5, 0.6) is 0 Å². The van der Waals surface area contributed by atoms with Crippen molar-refractivity contribution in [1.82, 2.24) is 0 Å². The molecule has 6 heteroatoms. The summed E-state index contributed by atoms with van der Waals surface area (Å²) in [5.41, 5.74) is 0.399.